The minimum absolute atomic E-state index is 0.110. The van der Waals surface area contributed by atoms with Crippen molar-refractivity contribution < 1.29 is 9.13 Å². The monoisotopic (exact) mass is 308 g/mol. The van der Waals surface area contributed by atoms with Gasteiger partial charge in [-0.05, 0) is 36.4 Å². The second-order valence-corrected chi connectivity index (χ2v) is 4.69. The van der Waals surface area contributed by atoms with E-state index in [1.54, 1.807) is 18.2 Å². The van der Waals surface area contributed by atoms with Crippen molar-refractivity contribution in [2.45, 2.75) is 6.61 Å². The highest BCUT2D eigenvalue weighted by Gasteiger charge is 2.04. The van der Waals surface area contributed by atoms with Crippen LogP contribution < -0.4 is 4.74 Å². The quantitative estimate of drug-likeness (QED) is 0.592. The van der Waals surface area contributed by atoms with Crippen molar-refractivity contribution in [2.75, 3.05) is 5.88 Å². The van der Waals surface area contributed by atoms with Gasteiger partial charge in [0.05, 0.1) is 5.88 Å². The molecule has 0 saturated carbocycles. The molecule has 0 aliphatic rings. The summed E-state index contributed by atoms with van der Waals surface area (Å²) in [5, 5.41) is 0.478. The van der Waals surface area contributed by atoms with Gasteiger partial charge in [-0.25, -0.2) is 4.39 Å². The Labute approximate surface area is 127 Å². The van der Waals surface area contributed by atoms with Crippen LogP contribution in [0.2, 0.25) is 5.02 Å². The van der Waals surface area contributed by atoms with E-state index >= 15 is 0 Å². The number of rotatable bonds is 3. The van der Waals surface area contributed by atoms with Crippen LogP contribution in [0.15, 0.2) is 42.5 Å². The molecule has 0 bridgehead atoms. The molecule has 0 atom stereocenters. The normalized spacial score (nSPS) is 9.75. The first kappa shape index (κ1) is 14.7. The highest BCUT2D eigenvalue weighted by atomic mass is 35.5. The molecule has 0 aliphatic carbocycles. The Bertz CT molecular complexity index is 659. The van der Waals surface area contributed by atoms with E-state index in [-0.39, 0.29) is 18.3 Å². The number of hydrogen-bond donors (Lipinski definition) is 0. The summed E-state index contributed by atoms with van der Waals surface area (Å²) in [6, 6.07) is 11.6. The molecule has 0 radical (unpaired) electrons. The van der Waals surface area contributed by atoms with Gasteiger partial charge in [0.25, 0.3) is 0 Å². The SMILES string of the molecule is Fc1ccc(Cl)cc1COc1cccc(C#CCCl)c1. The third kappa shape index (κ3) is 4.16. The number of alkyl halides is 1. The van der Waals surface area contributed by atoms with Crippen LogP contribution in [0.5, 0.6) is 5.75 Å². The third-order valence-electron chi connectivity index (χ3n) is 2.54. The van der Waals surface area contributed by atoms with Gasteiger partial charge in [0.2, 0.25) is 0 Å². The first-order chi connectivity index (χ1) is 9.69. The van der Waals surface area contributed by atoms with E-state index in [9.17, 15) is 4.39 Å². The summed E-state index contributed by atoms with van der Waals surface area (Å²) >= 11 is 11.3. The fourth-order valence-electron chi connectivity index (χ4n) is 1.61. The Kier molecular flexibility index (Phi) is 5.29. The summed E-state index contributed by atoms with van der Waals surface area (Å²) in [4.78, 5) is 0. The Morgan fingerprint density at radius 3 is 2.80 bits per heavy atom. The van der Waals surface area contributed by atoms with E-state index in [1.165, 1.54) is 12.1 Å². The molecule has 0 fully saturated rings. The number of halogens is 3. The lowest BCUT2D eigenvalue weighted by atomic mass is 10.2. The summed E-state index contributed by atoms with van der Waals surface area (Å²) in [5.41, 5.74) is 1.21. The van der Waals surface area contributed by atoms with E-state index in [2.05, 4.69) is 11.8 Å². The van der Waals surface area contributed by atoms with Crippen LogP contribution in [0.1, 0.15) is 11.1 Å². The lowest BCUT2D eigenvalue weighted by molar-refractivity contribution is 0.300. The largest absolute Gasteiger partial charge is 0.489 e. The van der Waals surface area contributed by atoms with Crippen molar-refractivity contribution in [1.82, 2.24) is 0 Å². The maximum absolute atomic E-state index is 13.5. The average molecular weight is 309 g/mol. The van der Waals surface area contributed by atoms with E-state index < -0.39 is 0 Å². The molecule has 2 rings (SSSR count). The molecule has 2 aromatic rings. The lowest BCUT2D eigenvalue weighted by Gasteiger charge is -2.08. The van der Waals surface area contributed by atoms with Gasteiger partial charge in [0.1, 0.15) is 18.2 Å². The molecular weight excluding hydrogens is 298 g/mol. The highest BCUT2D eigenvalue weighted by molar-refractivity contribution is 6.30. The lowest BCUT2D eigenvalue weighted by Crippen LogP contribution is -1.98. The molecule has 2 aromatic carbocycles. The number of benzene rings is 2. The Morgan fingerprint density at radius 2 is 2.00 bits per heavy atom. The first-order valence-electron chi connectivity index (χ1n) is 5.90. The second kappa shape index (κ2) is 7.19. The molecule has 0 spiro atoms. The van der Waals surface area contributed by atoms with E-state index in [0.29, 0.717) is 16.3 Å². The van der Waals surface area contributed by atoms with Crippen LogP contribution >= 0.6 is 23.2 Å². The van der Waals surface area contributed by atoms with Gasteiger partial charge in [-0.3, -0.25) is 0 Å². The van der Waals surface area contributed by atoms with E-state index in [0.717, 1.165) is 5.56 Å². The van der Waals surface area contributed by atoms with Crippen molar-refractivity contribution in [3.8, 4) is 17.6 Å². The van der Waals surface area contributed by atoms with Gasteiger partial charge >= 0.3 is 0 Å². The summed E-state index contributed by atoms with van der Waals surface area (Å²) in [6.07, 6.45) is 0. The van der Waals surface area contributed by atoms with Gasteiger partial charge in [0.15, 0.2) is 0 Å². The molecule has 4 heteroatoms. The predicted molar refractivity (Wildman–Crippen MR) is 79.8 cm³/mol. The Hall–Kier alpha value is -1.69. The third-order valence-corrected chi connectivity index (χ3v) is 2.90. The second-order valence-electron chi connectivity index (χ2n) is 3.99. The van der Waals surface area contributed by atoms with Crippen LogP contribution in [0.3, 0.4) is 0 Å². The molecule has 0 unspecified atom stereocenters. The van der Waals surface area contributed by atoms with Crippen LogP contribution in [0.25, 0.3) is 0 Å². The van der Waals surface area contributed by atoms with Crippen molar-refractivity contribution >= 4 is 23.2 Å². The van der Waals surface area contributed by atoms with Gasteiger partial charge in [0, 0.05) is 16.1 Å². The van der Waals surface area contributed by atoms with Crippen molar-refractivity contribution in [2.24, 2.45) is 0 Å². The summed E-state index contributed by atoms with van der Waals surface area (Å²) in [5.74, 6) is 6.21. The molecule has 0 amide bonds. The van der Waals surface area contributed by atoms with Crippen molar-refractivity contribution in [3.05, 3.63) is 64.4 Å². The fourth-order valence-corrected chi connectivity index (χ4v) is 1.88. The zero-order chi connectivity index (χ0) is 14.4. The predicted octanol–water partition coefficient (Wildman–Crippen LogP) is 4.65. The van der Waals surface area contributed by atoms with Crippen LogP contribution in [0.4, 0.5) is 4.39 Å². The molecular formula is C16H11Cl2FO. The Morgan fingerprint density at radius 1 is 1.15 bits per heavy atom. The zero-order valence-corrected chi connectivity index (χ0v) is 12.0. The molecule has 0 aromatic heterocycles. The minimum atomic E-state index is -0.340. The van der Waals surface area contributed by atoms with Gasteiger partial charge in [-0.2, -0.15) is 0 Å². The molecule has 20 heavy (non-hydrogen) atoms. The van der Waals surface area contributed by atoms with Crippen LogP contribution in [0, 0.1) is 17.7 Å². The Balaban J connectivity index is 2.09. The number of hydrogen-bond acceptors (Lipinski definition) is 1. The van der Waals surface area contributed by atoms with Crippen LogP contribution in [-0.2, 0) is 6.61 Å². The standard InChI is InChI=1S/C16H11Cl2FO/c17-8-2-4-12-3-1-5-15(9-12)20-11-13-10-14(18)6-7-16(13)19/h1,3,5-7,9-10H,8,11H2. The van der Waals surface area contributed by atoms with Gasteiger partial charge in [-0.15, -0.1) is 11.6 Å². The molecule has 1 nitrogen and oxygen atoms in total. The van der Waals surface area contributed by atoms with Gasteiger partial charge in [-0.1, -0.05) is 29.5 Å². The fraction of sp³-hybridized carbons (Fsp3) is 0.125. The van der Waals surface area contributed by atoms with E-state index in [4.69, 9.17) is 27.9 Å². The van der Waals surface area contributed by atoms with Gasteiger partial charge < -0.3 is 4.74 Å². The number of ether oxygens (including phenoxy) is 1. The zero-order valence-electron chi connectivity index (χ0n) is 10.5. The smallest absolute Gasteiger partial charge is 0.129 e. The highest BCUT2D eigenvalue weighted by Crippen LogP contribution is 2.18. The van der Waals surface area contributed by atoms with Crippen molar-refractivity contribution in [1.29, 1.82) is 0 Å². The summed E-state index contributed by atoms with van der Waals surface area (Å²) in [7, 11) is 0. The first-order valence-corrected chi connectivity index (χ1v) is 6.82. The van der Waals surface area contributed by atoms with E-state index in [1.807, 2.05) is 12.1 Å². The molecule has 0 aliphatic heterocycles. The average Bonchev–Trinajstić information content (AvgIpc) is 2.46. The molecule has 0 heterocycles. The molecule has 102 valence electrons. The minimum Gasteiger partial charge on any atom is -0.489 e. The molecule has 0 saturated heterocycles. The van der Waals surface area contributed by atoms with Crippen molar-refractivity contribution in [3.63, 3.8) is 0 Å². The molecule has 0 N–H and O–H groups in total. The summed E-state index contributed by atoms with van der Waals surface area (Å²) < 4.78 is 19.1. The maximum Gasteiger partial charge on any atom is 0.129 e. The summed E-state index contributed by atoms with van der Waals surface area (Å²) in [6.45, 7) is 0.110. The van der Waals surface area contributed by atoms with Crippen LogP contribution in [-0.4, -0.2) is 5.88 Å². The maximum atomic E-state index is 13.5. The topological polar surface area (TPSA) is 9.23 Å².